The summed E-state index contributed by atoms with van der Waals surface area (Å²) in [6, 6.07) is 7.64. The zero-order valence-electron chi connectivity index (χ0n) is 16.6. The van der Waals surface area contributed by atoms with Gasteiger partial charge in [-0.15, -0.1) is 0 Å². The van der Waals surface area contributed by atoms with E-state index in [1.54, 1.807) is 24.5 Å². The number of rotatable bonds is 5. The molecule has 1 aromatic carbocycles. The lowest BCUT2D eigenvalue weighted by atomic mass is 10.0. The summed E-state index contributed by atoms with van der Waals surface area (Å²) in [5.74, 6) is 0.0575. The molecule has 0 aliphatic carbocycles. The first-order chi connectivity index (χ1) is 14.2. The lowest BCUT2D eigenvalue weighted by Crippen LogP contribution is -2.31. The third-order valence-electron chi connectivity index (χ3n) is 5.06. The monoisotopic (exact) mass is 392 g/mol. The maximum absolute atomic E-state index is 12.2. The Morgan fingerprint density at radius 3 is 2.97 bits per heavy atom. The van der Waals surface area contributed by atoms with Gasteiger partial charge in [0.15, 0.2) is 0 Å². The molecule has 0 radical (unpaired) electrons. The average molecular weight is 392 g/mol. The molecule has 1 saturated heterocycles. The molecule has 150 valence electrons. The number of hydrogen-bond donors (Lipinski definition) is 2. The van der Waals surface area contributed by atoms with Crippen LogP contribution in [0.3, 0.4) is 0 Å². The van der Waals surface area contributed by atoms with Crippen LogP contribution in [-0.2, 0) is 4.74 Å². The number of nitrogens with zero attached hydrogens (tertiary/aromatic N) is 4. The molecule has 0 saturated carbocycles. The number of methoxy groups -OCH3 is 1. The van der Waals surface area contributed by atoms with E-state index in [2.05, 4.69) is 25.7 Å². The first-order valence-electron chi connectivity index (χ1n) is 9.69. The van der Waals surface area contributed by atoms with Crippen molar-refractivity contribution in [3.05, 3.63) is 54.0 Å². The Labute approximate surface area is 169 Å². The average Bonchev–Trinajstić information content (AvgIpc) is 3.24. The van der Waals surface area contributed by atoms with Gasteiger partial charge >= 0.3 is 5.97 Å². The molecule has 3 aromatic rings. The summed E-state index contributed by atoms with van der Waals surface area (Å²) in [7, 11) is 1.37. The van der Waals surface area contributed by atoms with Gasteiger partial charge in [0, 0.05) is 24.5 Å². The summed E-state index contributed by atoms with van der Waals surface area (Å²) in [5.41, 5.74) is 3.57. The zero-order valence-corrected chi connectivity index (χ0v) is 16.6. The summed E-state index contributed by atoms with van der Waals surface area (Å²) >= 11 is 0. The Morgan fingerprint density at radius 2 is 2.17 bits per heavy atom. The molecule has 1 aliphatic heterocycles. The van der Waals surface area contributed by atoms with Crippen molar-refractivity contribution in [2.24, 2.45) is 0 Å². The smallest absolute Gasteiger partial charge is 0.338 e. The molecule has 1 fully saturated rings. The van der Waals surface area contributed by atoms with Crippen LogP contribution in [0.2, 0.25) is 0 Å². The van der Waals surface area contributed by atoms with E-state index in [1.807, 2.05) is 29.9 Å². The highest BCUT2D eigenvalue weighted by atomic mass is 16.5. The fraction of sp³-hybridized carbons (Fsp3) is 0.333. The van der Waals surface area contributed by atoms with Gasteiger partial charge in [0.25, 0.3) is 0 Å². The third kappa shape index (κ3) is 4.12. The Balaban J connectivity index is 1.60. The van der Waals surface area contributed by atoms with Gasteiger partial charge in [0.1, 0.15) is 0 Å². The Bertz CT molecular complexity index is 1010. The highest BCUT2D eigenvalue weighted by Crippen LogP contribution is 2.27. The van der Waals surface area contributed by atoms with Crippen molar-refractivity contribution in [1.29, 1.82) is 0 Å². The zero-order chi connectivity index (χ0) is 20.2. The van der Waals surface area contributed by atoms with Crippen LogP contribution in [0.15, 0.2) is 42.9 Å². The fourth-order valence-corrected chi connectivity index (χ4v) is 3.54. The van der Waals surface area contributed by atoms with Crippen LogP contribution in [0.1, 0.15) is 34.8 Å². The molecule has 1 unspecified atom stereocenters. The number of aryl methyl sites for hydroxylation is 1. The number of aromatic nitrogens is 4. The quantitative estimate of drug-likeness (QED) is 0.644. The summed E-state index contributed by atoms with van der Waals surface area (Å²) in [4.78, 5) is 21.2. The predicted molar refractivity (Wildman–Crippen MR) is 110 cm³/mol. The normalized spacial score (nSPS) is 16.4. The van der Waals surface area contributed by atoms with Gasteiger partial charge in [-0.05, 0) is 37.9 Å². The molecule has 2 aromatic heterocycles. The SMILES string of the molecule is COC(=O)c1ccccc1-c1nc(Nc2cnn(C3CCCNC3)c2)ncc1C. The number of benzene rings is 1. The number of carbonyl (C=O) groups excluding carboxylic acids is 1. The first-order valence-corrected chi connectivity index (χ1v) is 9.69. The molecule has 4 rings (SSSR count). The van der Waals surface area contributed by atoms with Crippen LogP contribution >= 0.6 is 0 Å². The van der Waals surface area contributed by atoms with E-state index in [-0.39, 0.29) is 0 Å². The van der Waals surface area contributed by atoms with E-state index >= 15 is 0 Å². The number of nitrogens with one attached hydrogen (secondary N) is 2. The maximum atomic E-state index is 12.2. The highest BCUT2D eigenvalue weighted by molar-refractivity contribution is 5.97. The maximum Gasteiger partial charge on any atom is 0.338 e. The van der Waals surface area contributed by atoms with Crippen molar-refractivity contribution >= 4 is 17.6 Å². The third-order valence-corrected chi connectivity index (χ3v) is 5.06. The molecule has 0 spiro atoms. The van der Waals surface area contributed by atoms with Gasteiger partial charge in [0.05, 0.1) is 36.3 Å². The van der Waals surface area contributed by atoms with E-state index in [4.69, 9.17) is 4.74 Å². The predicted octanol–water partition coefficient (Wildman–Crippen LogP) is 3.10. The molecule has 29 heavy (non-hydrogen) atoms. The molecule has 1 atom stereocenters. The van der Waals surface area contributed by atoms with Crippen molar-refractivity contribution in [2.45, 2.75) is 25.8 Å². The molecule has 1 aliphatic rings. The molecular formula is C21H24N6O2. The van der Waals surface area contributed by atoms with E-state index in [9.17, 15) is 4.79 Å². The van der Waals surface area contributed by atoms with E-state index in [1.165, 1.54) is 7.11 Å². The van der Waals surface area contributed by atoms with Crippen molar-refractivity contribution in [2.75, 3.05) is 25.5 Å². The largest absolute Gasteiger partial charge is 0.465 e. The number of ether oxygens (including phenoxy) is 1. The molecule has 0 amide bonds. The minimum absolute atomic E-state index is 0.362. The van der Waals surface area contributed by atoms with Crippen molar-refractivity contribution < 1.29 is 9.53 Å². The Kier molecular flexibility index (Phi) is 5.53. The summed E-state index contributed by atoms with van der Waals surface area (Å²) in [6.07, 6.45) is 7.76. The van der Waals surface area contributed by atoms with E-state index in [0.29, 0.717) is 28.8 Å². The molecule has 0 bridgehead atoms. The molecule has 2 N–H and O–H groups in total. The van der Waals surface area contributed by atoms with Crippen LogP contribution in [0, 0.1) is 6.92 Å². The second-order valence-corrected chi connectivity index (χ2v) is 7.10. The summed E-state index contributed by atoms with van der Waals surface area (Å²) in [6.45, 7) is 3.91. The van der Waals surface area contributed by atoms with Gasteiger partial charge in [-0.25, -0.2) is 14.8 Å². The van der Waals surface area contributed by atoms with Crippen molar-refractivity contribution in [3.63, 3.8) is 0 Å². The number of piperidine rings is 1. The molecule has 8 nitrogen and oxygen atoms in total. The van der Waals surface area contributed by atoms with Gasteiger partial charge in [-0.3, -0.25) is 4.68 Å². The van der Waals surface area contributed by atoms with Gasteiger partial charge < -0.3 is 15.4 Å². The highest BCUT2D eigenvalue weighted by Gasteiger charge is 2.18. The van der Waals surface area contributed by atoms with Crippen LogP contribution < -0.4 is 10.6 Å². The molecule has 3 heterocycles. The standard InChI is InChI=1S/C21H24N6O2/c1-14-10-23-21(25-15-11-24-27(13-15)16-6-5-9-22-12-16)26-19(14)17-7-3-4-8-18(17)20(28)29-2/h3-4,7-8,10-11,13,16,22H,5-6,9,12H2,1-2H3,(H,23,25,26). The van der Waals surface area contributed by atoms with Crippen molar-refractivity contribution in [1.82, 2.24) is 25.1 Å². The number of carbonyl (C=O) groups is 1. The fourth-order valence-electron chi connectivity index (χ4n) is 3.54. The van der Waals surface area contributed by atoms with Crippen LogP contribution in [0.4, 0.5) is 11.6 Å². The second kappa shape index (κ2) is 8.40. The van der Waals surface area contributed by atoms with Crippen LogP contribution in [-0.4, -0.2) is 45.9 Å². The topological polar surface area (TPSA) is 94.0 Å². The lowest BCUT2D eigenvalue weighted by Gasteiger charge is -2.22. The molecule has 8 heteroatoms. The summed E-state index contributed by atoms with van der Waals surface area (Å²) in [5, 5.41) is 11.1. The number of esters is 1. The van der Waals surface area contributed by atoms with E-state index in [0.717, 1.165) is 37.2 Å². The first kappa shape index (κ1) is 19.1. The number of hydrogen-bond acceptors (Lipinski definition) is 7. The Morgan fingerprint density at radius 1 is 1.31 bits per heavy atom. The second-order valence-electron chi connectivity index (χ2n) is 7.10. The number of anilines is 2. The Hall–Kier alpha value is -3.26. The minimum atomic E-state index is -0.393. The minimum Gasteiger partial charge on any atom is -0.465 e. The van der Waals surface area contributed by atoms with Gasteiger partial charge in [-0.1, -0.05) is 18.2 Å². The van der Waals surface area contributed by atoms with Crippen molar-refractivity contribution in [3.8, 4) is 11.3 Å². The van der Waals surface area contributed by atoms with Crippen LogP contribution in [0.5, 0.6) is 0 Å². The van der Waals surface area contributed by atoms with Gasteiger partial charge in [0.2, 0.25) is 5.95 Å². The lowest BCUT2D eigenvalue weighted by molar-refractivity contribution is 0.0601. The summed E-state index contributed by atoms with van der Waals surface area (Å²) < 4.78 is 6.89. The molecular weight excluding hydrogens is 368 g/mol. The van der Waals surface area contributed by atoms with E-state index < -0.39 is 5.97 Å². The van der Waals surface area contributed by atoms with Gasteiger partial charge in [-0.2, -0.15) is 5.10 Å². The van der Waals surface area contributed by atoms with Crippen LogP contribution in [0.25, 0.3) is 11.3 Å².